The Morgan fingerprint density at radius 2 is 1.83 bits per heavy atom. The van der Waals surface area contributed by atoms with Gasteiger partial charge in [0.1, 0.15) is 13.2 Å². The summed E-state index contributed by atoms with van der Waals surface area (Å²) in [4.78, 5) is 13.0. The van der Waals surface area contributed by atoms with Crippen molar-refractivity contribution in [3.8, 4) is 17.2 Å². The van der Waals surface area contributed by atoms with Crippen LogP contribution in [0.5, 0.6) is 11.5 Å². The Balaban J connectivity index is 1.65. The van der Waals surface area contributed by atoms with E-state index < -0.39 is 0 Å². The van der Waals surface area contributed by atoms with Crippen LogP contribution in [-0.4, -0.2) is 30.8 Å². The molecule has 150 valence electrons. The molecule has 0 aliphatic carbocycles. The smallest absolute Gasteiger partial charge is 0.257 e. The molecule has 1 aliphatic rings. The Morgan fingerprint density at radius 3 is 2.62 bits per heavy atom. The second kappa shape index (κ2) is 8.01. The first-order valence-electron chi connectivity index (χ1n) is 9.55. The fourth-order valence-corrected chi connectivity index (χ4v) is 3.67. The van der Waals surface area contributed by atoms with Gasteiger partial charge >= 0.3 is 0 Å². The van der Waals surface area contributed by atoms with Gasteiger partial charge in [0.05, 0.1) is 12.2 Å². The van der Waals surface area contributed by atoms with Crippen LogP contribution in [0.1, 0.15) is 27.3 Å². The first-order chi connectivity index (χ1) is 14.1. The second-order valence-corrected chi connectivity index (χ2v) is 6.99. The molecule has 0 atom stereocenters. The van der Waals surface area contributed by atoms with Gasteiger partial charge in [0, 0.05) is 41.5 Å². The predicted molar refractivity (Wildman–Crippen MR) is 111 cm³/mol. The largest absolute Gasteiger partial charge is 0.486 e. The van der Waals surface area contributed by atoms with Crippen LogP contribution in [0.3, 0.4) is 0 Å². The molecule has 0 saturated heterocycles. The second-order valence-electron chi connectivity index (χ2n) is 6.99. The first-order valence-corrected chi connectivity index (χ1v) is 9.55. The van der Waals surface area contributed by atoms with Crippen LogP contribution < -0.4 is 14.8 Å². The van der Waals surface area contributed by atoms with Gasteiger partial charge in [0.15, 0.2) is 11.5 Å². The van der Waals surface area contributed by atoms with Crippen molar-refractivity contribution in [3.63, 3.8) is 0 Å². The lowest BCUT2D eigenvalue weighted by atomic mass is 10.1. The number of fused-ring (bicyclic) bond motifs is 1. The molecule has 29 heavy (non-hydrogen) atoms. The number of para-hydroxylation sites is 1. The van der Waals surface area contributed by atoms with E-state index in [4.69, 9.17) is 14.2 Å². The van der Waals surface area contributed by atoms with Crippen LogP contribution >= 0.6 is 0 Å². The maximum atomic E-state index is 13.0. The van der Waals surface area contributed by atoms with Crippen molar-refractivity contribution >= 4 is 11.6 Å². The first kappa shape index (κ1) is 19.1. The molecule has 0 bridgehead atoms. The minimum absolute atomic E-state index is 0.148. The molecule has 3 aromatic rings. The Kier molecular flexibility index (Phi) is 5.27. The summed E-state index contributed by atoms with van der Waals surface area (Å²) < 4.78 is 18.6. The van der Waals surface area contributed by atoms with E-state index in [0.717, 1.165) is 39.8 Å². The van der Waals surface area contributed by atoms with Crippen molar-refractivity contribution < 1.29 is 19.0 Å². The van der Waals surface area contributed by atoms with Gasteiger partial charge in [-0.25, -0.2) is 0 Å². The van der Waals surface area contributed by atoms with Crippen LogP contribution in [0.2, 0.25) is 0 Å². The number of anilines is 1. The van der Waals surface area contributed by atoms with Crippen molar-refractivity contribution in [1.82, 2.24) is 4.57 Å². The van der Waals surface area contributed by atoms with E-state index in [2.05, 4.69) is 5.32 Å². The summed E-state index contributed by atoms with van der Waals surface area (Å²) in [5, 5.41) is 3.02. The number of hydrogen-bond donors (Lipinski definition) is 1. The molecular formula is C23H24N2O4. The lowest BCUT2D eigenvalue weighted by molar-refractivity contribution is 0.102. The molecule has 1 amide bonds. The van der Waals surface area contributed by atoms with Crippen molar-refractivity contribution in [1.29, 1.82) is 0 Å². The van der Waals surface area contributed by atoms with E-state index in [1.807, 2.05) is 66.9 Å². The third-order valence-corrected chi connectivity index (χ3v) is 5.03. The fraction of sp³-hybridized carbons (Fsp3) is 0.261. The number of methoxy groups -OCH3 is 1. The van der Waals surface area contributed by atoms with E-state index in [1.54, 1.807) is 7.11 Å². The lowest BCUT2D eigenvalue weighted by Crippen LogP contribution is -2.16. The summed E-state index contributed by atoms with van der Waals surface area (Å²) in [6.07, 6.45) is 0. The molecule has 6 nitrogen and oxygen atoms in total. The van der Waals surface area contributed by atoms with Gasteiger partial charge < -0.3 is 24.1 Å². The molecular weight excluding hydrogens is 368 g/mol. The van der Waals surface area contributed by atoms with Crippen molar-refractivity contribution in [2.45, 2.75) is 20.5 Å². The summed E-state index contributed by atoms with van der Waals surface area (Å²) >= 11 is 0. The SMILES string of the molecule is COCc1ccccc1NC(=O)c1cc(C)n(-c2ccc3c(c2)OCCO3)c1C. The number of benzene rings is 2. The van der Waals surface area contributed by atoms with Gasteiger partial charge in [-0.15, -0.1) is 0 Å². The molecule has 2 aromatic carbocycles. The topological polar surface area (TPSA) is 61.7 Å². The van der Waals surface area contributed by atoms with Gasteiger partial charge in [0.2, 0.25) is 0 Å². The Hall–Kier alpha value is -3.25. The van der Waals surface area contributed by atoms with Gasteiger partial charge in [-0.3, -0.25) is 4.79 Å². The van der Waals surface area contributed by atoms with Gasteiger partial charge in [-0.1, -0.05) is 18.2 Å². The lowest BCUT2D eigenvalue weighted by Gasteiger charge is -2.20. The summed E-state index contributed by atoms with van der Waals surface area (Å²) in [7, 11) is 1.64. The minimum Gasteiger partial charge on any atom is -0.486 e. The number of nitrogens with one attached hydrogen (secondary N) is 1. The average molecular weight is 392 g/mol. The molecule has 1 aromatic heterocycles. The van der Waals surface area contributed by atoms with E-state index in [9.17, 15) is 4.79 Å². The van der Waals surface area contributed by atoms with E-state index >= 15 is 0 Å². The Bertz CT molecular complexity index is 1060. The summed E-state index contributed by atoms with van der Waals surface area (Å²) in [5.74, 6) is 1.32. The average Bonchev–Trinajstić information content (AvgIpc) is 3.03. The van der Waals surface area contributed by atoms with Crippen LogP contribution in [0.25, 0.3) is 5.69 Å². The van der Waals surface area contributed by atoms with E-state index in [1.165, 1.54) is 0 Å². The van der Waals surface area contributed by atoms with Crippen LogP contribution in [0, 0.1) is 13.8 Å². The number of nitrogens with zero attached hydrogens (tertiary/aromatic N) is 1. The zero-order chi connectivity index (χ0) is 20.4. The predicted octanol–water partition coefficient (Wildman–Crippen LogP) is 4.26. The zero-order valence-corrected chi connectivity index (χ0v) is 16.8. The Morgan fingerprint density at radius 1 is 1.07 bits per heavy atom. The zero-order valence-electron chi connectivity index (χ0n) is 16.8. The number of amides is 1. The quantitative estimate of drug-likeness (QED) is 0.705. The van der Waals surface area contributed by atoms with Gasteiger partial charge in [0.25, 0.3) is 5.91 Å². The highest BCUT2D eigenvalue weighted by Crippen LogP contribution is 2.33. The number of hydrogen-bond acceptors (Lipinski definition) is 4. The molecule has 0 saturated carbocycles. The number of ether oxygens (including phenoxy) is 3. The number of rotatable bonds is 5. The summed E-state index contributed by atoms with van der Waals surface area (Å²) in [6, 6.07) is 15.4. The molecule has 2 heterocycles. The normalized spacial score (nSPS) is 12.7. The van der Waals surface area contributed by atoms with Crippen LogP contribution in [0.15, 0.2) is 48.5 Å². The third-order valence-electron chi connectivity index (χ3n) is 5.03. The molecule has 0 unspecified atom stereocenters. The van der Waals surface area contributed by atoms with Gasteiger partial charge in [-0.2, -0.15) is 0 Å². The molecule has 0 fully saturated rings. The van der Waals surface area contributed by atoms with E-state index in [0.29, 0.717) is 25.4 Å². The summed E-state index contributed by atoms with van der Waals surface area (Å²) in [6.45, 7) is 5.46. The van der Waals surface area contributed by atoms with Crippen LogP contribution in [0.4, 0.5) is 5.69 Å². The maximum Gasteiger partial charge on any atom is 0.257 e. The fourth-order valence-electron chi connectivity index (χ4n) is 3.67. The summed E-state index contributed by atoms with van der Waals surface area (Å²) in [5.41, 5.74) is 5.08. The van der Waals surface area contributed by atoms with Crippen molar-refractivity contribution in [2.75, 3.05) is 25.6 Å². The highest BCUT2D eigenvalue weighted by molar-refractivity contribution is 6.05. The number of aromatic nitrogens is 1. The Labute approximate surface area is 170 Å². The highest BCUT2D eigenvalue weighted by Gasteiger charge is 2.19. The third kappa shape index (κ3) is 3.71. The monoisotopic (exact) mass is 392 g/mol. The molecule has 0 spiro atoms. The van der Waals surface area contributed by atoms with Crippen molar-refractivity contribution in [2.24, 2.45) is 0 Å². The molecule has 0 radical (unpaired) electrons. The standard InChI is InChI=1S/C23H24N2O4/c1-15-12-19(23(26)24-20-7-5-4-6-17(20)14-27-3)16(2)25(15)18-8-9-21-22(13-18)29-11-10-28-21/h4-9,12-13H,10-11,14H2,1-3H3,(H,24,26). The van der Waals surface area contributed by atoms with Gasteiger partial charge in [-0.05, 0) is 38.1 Å². The molecule has 1 N–H and O–H groups in total. The highest BCUT2D eigenvalue weighted by atomic mass is 16.6. The molecule has 6 heteroatoms. The molecule has 1 aliphatic heterocycles. The maximum absolute atomic E-state index is 13.0. The molecule has 4 rings (SSSR count). The number of aryl methyl sites for hydroxylation is 1. The number of carbonyl (C=O) groups is 1. The number of carbonyl (C=O) groups excluding carboxylic acids is 1. The minimum atomic E-state index is -0.148. The van der Waals surface area contributed by atoms with Crippen molar-refractivity contribution in [3.05, 3.63) is 71.0 Å². The van der Waals surface area contributed by atoms with E-state index in [-0.39, 0.29) is 5.91 Å². The van der Waals surface area contributed by atoms with Crippen LogP contribution in [-0.2, 0) is 11.3 Å².